The van der Waals surface area contributed by atoms with Crippen LogP contribution in [0.4, 0.5) is 8.78 Å². The lowest BCUT2D eigenvalue weighted by Gasteiger charge is -2.33. The molecule has 0 amide bonds. The van der Waals surface area contributed by atoms with E-state index in [0.717, 1.165) is 43.8 Å². The van der Waals surface area contributed by atoms with Gasteiger partial charge in [-0.3, -0.25) is 0 Å². The first-order valence-electron chi connectivity index (χ1n) is 13.8. The SMILES string of the molecule is CS(=O)(=O)c1ccc([C@@H](CCN2CCC(CCS(=O)(=O)c3ccc(OCC#N)cc3)CC2)c2cc(F)cc(F)c2)cc1. The van der Waals surface area contributed by atoms with Crippen LogP contribution in [-0.2, 0) is 19.7 Å². The van der Waals surface area contributed by atoms with Crippen LogP contribution in [0.1, 0.15) is 42.7 Å². The van der Waals surface area contributed by atoms with E-state index in [1.54, 1.807) is 24.3 Å². The molecule has 224 valence electrons. The van der Waals surface area contributed by atoms with Gasteiger partial charge in [0, 0.05) is 18.2 Å². The molecule has 1 atom stereocenters. The van der Waals surface area contributed by atoms with E-state index in [0.29, 0.717) is 30.7 Å². The number of nitriles is 1. The Balaban J connectivity index is 1.34. The molecule has 0 radical (unpaired) electrons. The Labute approximate surface area is 246 Å². The lowest BCUT2D eigenvalue weighted by atomic mass is 9.87. The lowest BCUT2D eigenvalue weighted by molar-refractivity contribution is 0.178. The Morgan fingerprint density at radius 2 is 1.50 bits per heavy atom. The molecule has 0 aliphatic carbocycles. The molecule has 1 aliphatic heterocycles. The number of ether oxygens (including phenoxy) is 1. The summed E-state index contributed by atoms with van der Waals surface area (Å²) in [5.74, 6) is -0.899. The topological polar surface area (TPSA) is 105 Å². The monoisotopic (exact) mass is 616 g/mol. The summed E-state index contributed by atoms with van der Waals surface area (Å²) in [6, 6.07) is 17.9. The Hall–Kier alpha value is -3.33. The van der Waals surface area contributed by atoms with Gasteiger partial charge in [0.05, 0.1) is 15.5 Å². The summed E-state index contributed by atoms with van der Waals surface area (Å²) in [4.78, 5) is 2.69. The van der Waals surface area contributed by atoms with Crippen LogP contribution < -0.4 is 4.74 Å². The van der Waals surface area contributed by atoms with E-state index in [1.165, 1.54) is 36.4 Å². The third-order valence-corrected chi connectivity index (χ3v) is 10.6. The maximum atomic E-state index is 14.1. The van der Waals surface area contributed by atoms with Gasteiger partial charge in [-0.2, -0.15) is 5.26 Å². The first kappa shape index (κ1) is 31.6. The Morgan fingerprint density at radius 3 is 2.07 bits per heavy atom. The summed E-state index contributed by atoms with van der Waals surface area (Å²) < 4.78 is 82.9. The van der Waals surface area contributed by atoms with Crippen molar-refractivity contribution in [1.82, 2.24) is 4.90 Å². The van der Waals surface area contributed by atoms with E-state index in [1.807, 2.05) is 6.07 Å². The van der Waals surface area contributed by atoms with Gasteiger partial charge in [0.1, 0.15) is 23.5 Å². The molecule has 1 saturated heterocycles. The van der Waals surface area contributed by atoms with Crippen LogP contribution in [0.2, 0.25) is 0 Å². The molecule has 42 heavy (non-hydrogen) atoms. The van der Waals surface area contributed by atoms with Crippen molar-refractivity contribution in [2.75, 3.05) is 38.2 Å². The highest BCUT2D eigenvalue weighted by Crippen LogP contribution is 2.31. The van der Waals surface area contributed by atoms with Gasteiger partial charge in [-0.1, -0.05) is 12.1 Å². The van der Waals surface area contributed by atoms with Crippen LogP contribution in [-0.4, -0.2) is 60.0 Å². The number of nitrogens with zero attached hydrogens (tertiary/aromatic N) is 2. The predicted octanol–water partition coefficient (Wildman–Crippen LogP) is 5.37. The molecular formula is C31H34F2N2O5S2. The van der Waals surface area contributed by atoms with Crippen LogP contribution in [0.25, 0.3) is 0 Å². The van der Waals surface area contributed by atoms with Crippen LogP contribution in [0.15, 0.2) is 76.5 Å². The molecule has 3 aromatic rings. The minimum absolute atomic E-state index is 0.0484. The number of halogens is 2. The quantitative estimate of drug-likeness (QED) is 0.270. The van der Waals surface area contributed by atoms with Gasteiger partial charge in [-0.15, -0.1) is 0 Å². The van der Waals surface area contributed by atoms with Crippen molar-refractivity contribution in [2.24, 2.45) is 5.92 Å². The molecule has 1 fully saturated rings. The van der Waals surface area contributed by atoms with Gasteiger partial charge in [0.25, 0.3) is 0 Å². The number of sulfone groups is 2. The second-order valence-electron chi connectivity index (χ2n) is 10.7. The molecule has 11 heteroatoms. The Bertz CT molecular complexity index is 1590. The molecular weight excluding hydrogens is 582 g/mol. The van der Waals surface area contributed by atoms with Gasteiger partial charge in [-0.25, -0.2) is 25.6 Å². The van der Waals surface area contributed by atoms with Gasteiger partial charge >= 0.3 is 0 Å². The maximum Gasteiger partial charge on any atom is 0.178 e. The largest absolute Gasteiger partial charge is 0.479 e. The fourth-order valence-electron chi connectivity index (χ4n) is 5.36. The number of hydrogen-bond donors (Lipinski definition) is 0. The predicted molar refractivity (Wildman–Crippen MR) is 156 cm³/mol. The third kappa shape index (κ3) is 8.60. The minimum atomic E-state index is -3.45. The van der Waals surface area contributed by atoms with Crippen molar-refractivity contribution >= 4 is 19.7 Å². The molecule has 0 N–H and O–H groups in total. The van der Waals surface area contributed by atoms with E-state index < -0.39 is 31.3 Å². The molecule has 1 aliphatic rings. The summed E-state index contributed by atoms with van der Waals surface area (Å²) in [5, 5.41) is 8.60. The molecule has 0 unspecified atom stereocenters. The molecule has 0 spiro atoms. The second kappa shape index (κ2) is 13.8. The summed E-state index contributed by atoms with van der Waals surface area (Å²) >= 11 is 0. The highest BCUT2D eigenvalue weighted by atomic mass is 32.2. The highest BCUT2D eigenvalue weighted by Gasteiger charge is 2.24. The Morgan fingerprint density at radius 1 is 0.905 bits per heavy atom. The zero-order valence-corrected chi connectivity index (χ0v) is 25.0. The molecule has 1 heterocycles. The molecule has 0 saturated carbocycles. The normalized spacial score (nSPS) is 15.7. The van der Waals surface area contributed by atoms with Gasteiger partial charge in [-0.05, 0) is 111 Å². The van der Waals surface area contributed by atoms with Gasteiger partial charge in [0.15, 0.2) is 26.3 Å². The van der Waals surface area contributed by atoms with Crippen LogP contribution in [0.3, 0.4) is 0 Å². The zero-order valence-electron chi connectivity index (χ0n) is 23.4. The molecule has 7 nitrogen and oxygen atoms in total. The average Bonchev–Trinajstić information content (AvgIpc) is 2.95. The van der Waals surface area contributed by atoms with Gasteiger partial charge < -0.3 is 9.64 Å². The third-order valence-electron chi connectivity index (χ3n) is 7.72. The van der Waals surface area contributed by atoms with Crippen LogP contribution in [0.5, 0.6) is 5.75 Å². The van der Waals surface area contributed by atoms with Crippen LogP contribution in [0, 0.1) is 28.9 Å². The van der Waals surface area contributed by atoms with Crippen molar-refractivity contribution in [2.45, 2.75) is 41.4 Å². The van der Waals surface area contributed by atoms with Crippen molar-refractivity contribution in [3.8, 4) is 11.8 Å². The fraction of sp³-hybridized carbons (Fsp3) is 0.387. The van der Waals surface area contributed by atoms with E-state index in [2.05, 4.69) is 4.90 Å². The van der Waals surface area contributed by atoms with E-state index in [9.17, 15) is 25.6 Å². The Kier molecular flexibility index (Phi) is 10.4. The summed E-state index contributed by atoms with van der Waals surface area (Å²) in [6.07, 6.45) is 3.96. The number of piperidine rings is 1. The van der Waals surface area contributed by atoms with Gasteiger partial charge in [0.2, 0.25) is 0 Å². The molecule has 3 aromatic carbocycles. The van der Waals surface area contributed by atoms with Crippen molar-refractivity contribution in [3.63, 3.8) is 0 Å². The first-order chi connectivity index (χ1) is 19.9. The van der Waals surface area contributed by atoms with Crippen LogP contribution >= 0.6 is 0 Å². The minimum Gasteiger partial charge on any atom is -0.479 e. The fourth-order valence-corrected chi connectivity index (χ4v) is 7.42. The summed E-state index contributed by atoms with van der Waals surface area (Å²) in [6.45, 7) is 2.13. The van der Waals surface area contributed by atoms with E-state index in [4.69, 9.17) is 10.00 Å². The lowest BCUT2D eigenvalue weighted by Crippen LogP contribution is -2.35. The number of rotatable bonds is 12. The van der Waals surface area contributed by atoms with Crippen molar-refractivity contribution < 1.29 is 30.4 Å². The summed E-state index contributed by atoms with van der Waals surface area (Å²) in [5.41, 5.74) is 1.27. The first-order valence-corrected chi connectivity index (χ1v) is 17.3. The standard InChI is InChI=1S/C31H34F2N2O5S2/c1-41(36,37)29-6-2-24(3-7-29)31(25-20-26(32)22-27(33)21-25)12-17-35-15-10-23(11-16-35)13-19-42(38,39)30-8-4-28(5-9-30)40-18-14-34/h2-9,20-23,31H,10-13,15-19H2,1H3/t31-/m1/s1. The molecule has 0 bridgehead atoms. The van der Waals surface area contributed by atoms with Crippen molar-refractivity contribution in [1.29, 1.82) is 5.26 Å². The smallest absolute Gasteiger partial charge is 0.178 e. The average molecular weight is 617 g/mol. The highest BCUT2D eigenvalue weighted by molar-refractivity contribution is 7.91. The van der Waals surface area contributed by atoms with Crippen molar-refractivity contribution in [3.05, 3.63) is 89.5 Å². The number of benzene rings is 3. The number of hydrogen-bond acceptors (Lipinski definition) is 7. The molecule has 4 rings (SSSR count). The van der Waals surface area contributed by atoms with E-state index in [-0.39, 0.29) is 34.0 Å². The maximum absolute atomic E-state index is 14.1. The number of likely N-dealkylation sites (tertiary alicyclic amines) is 1. The van der Waals surface area contributed by atoms with E-state index >= 15 is 0 Å². The molecule has 0 aromatic heterocycles. The summed E-state index contributed by atoms with van der Waals surface area (Å²) in [7, 11) is -6.82. The second-order valence-corrected chi connectivity index (χ2v) is 14.8. The zero-order chi connectivity index (χ0) is 30.3.